The second kappa shape index (κ2) is 16.6. The molecule has 7 nitrogen and oxygen atoms in total. The lowest BCUT2D eigenvalue weighted by molar-refractivity contribution is 0.544. The highest BCUT2D eigenvalue weighted by Crippen LogP contribution is 2.38. The van der Waals surface area contributed by atoms with Gasteiger partial charge in [-0.05, 0) is 120 Å². The predicted molar refractivity (Wildman–Crippen MR) is 220 cm³/mol. The van der Waals surface area contributed by atoms with E-state index in [2.05, 4.69) is 89.6 Å². The molecule has 0 radical (unpaired) electrons. The average Bonchev–Trinajstić information content (AvgIpc) is 3.74. The number of rotatable bonds is 13. The summed E-state index contributed by atoms with van der Waals surface area (Å²) in [5.74, 6) is 1.71. The van der Waals surface area contributed by atoms with Crippen LogP contribution in [0.4, 0.5) is 17.1 Å². The molecule has 0 aliphatic carbocycles. The lowest BCUT2D eigenvalue weighted by Gasteiger charge is -2.26. The van der Waals surface area contributed by atoms with Crippen LogP contribution in [-0.4, -0.2) is 18.6 Å². The van der Waals surface area contributed by atoms with Crippen molar-refractivity contribution in [1.82, 2.24) is 10.2 Å². The molecule has 272 valence electrons. The Hall–Kier alpha value is -6.56. The van der Waals surface area contributed by atoms with E-state index in [0.29, 0.717) is 29.2 Å². The molecule has 0 aliphatic rings. The summed E-state index contributed by atoms with van der Waals surface area (Å²) >= 11 is 0. The van der Waals surface area contributed by atoms with Crippen LogP contribution in [0.15, 0.2) is 178 Å². The molecule has 2 unspecified atom stereocenters. The molecule has 0 saturated heterocycles. The number of sulfone groups is 1. The van der Waals surface area contributed by atoms with Gasteiger partial charge in [0.2, 0.25) is 21.6 Å². The second-order valence-corrected chi connectivity index (χ2v) is 15.4. The molecule has 0 amide bonds. The van der Waals surface area contributed by atoms with Gasteiger partial charge in [-0.15, -0.1) is 10.2 Å². The third-order valence-electron chi connectivity index (χ3n) is 9.84. The van der Waals surface area contributed by atoms with Crippen molar-refractivity contribution in [1.29, 1.82) is 5.26 Å². The summed E-state index contributed by atoms with van der Waals surface area (Å²) in [4.78, 5) is 1.95. The summed E-state index contributed by atoms with van der Waals surface area (Å²) in [6, 6.07) is 54.5. The highest BCUT2D eigenvalue weighted by atomic mass is 32.2. The zero-order chi connectivity index (χ0) is 38.2. The summed E-state index contributed by atoms with van der Waals surface area (Å²) in [6.45, 7) is 4.52. The zero-order valence-corrected chi connectivity index (χ0v) is 31.5. The zero-order valence-electron chi connectivity index (χ0n) is 30.7. The quantitative estimate of drug-likeness (QED) is 0.108. The summed E-state index contributed by atoms with van der Waals surface area (Å²) < 4.78 is 32.2. The summed E-state index contributed by atoms with van der Waals surface area (Å²) in [5.41, 5.74) is 7.84. The third-order valence-corrected chi connectivity index (χ3v) is 11.5. The Kier molecular flexibility index (Phi) is 11.1. The van der Waals surface area contributed by atoms with Crippen molar-refractivity contribution in [3.8, 4) is 29.0 Å². The molecule has 55 heavy (non-hydrogen) atoms. The Labute approximate surface area is 322 Å². The minimum Gasteiger partial charge on any atom is -0.416 e. The summed E-state index contributed by atoms with van der Waals surface area (Å²) in [5, 5.41) is 18.3. The molecule has 0 bridgehead atoms. The SMILES string of the molecule is CCC(CC(C)c1ccc(N(c2ccccc2)c2ccc(C=C(C#N)S(=O)(=O)c3ccccc3)cc2)cc1)c1ccc(-c2nnc(-c3ccccc3)o2)cc1. The van der Waals surface area contributed by atoms with Gasteiger partial charge in [0.25, 0.3) is 0 Å². The first kappa shape index (κ1) is 36.8. The molecule has 6 aromatic carbocycles. The monoisotopic (exact) mass is 740 g/mol. The fraction of sp³-hybridized carbons (Fsp3) is 0.128. The molecule has 8 heteroatoms. The maximum atomic E-state index is 13.1. The number of anilines is 3. The maximum Gasteiger partial charge on any atom is 0.248 e. The molecule has 0 aliphatic heterocycles. The largest absolute Gasteiger partial charge is 0.416 e. The Bertz CT molecular complexity index is 2510. The first-order valence-corrected chi connectivity index (χ1v) is 19.8. The van der Waals surface area contributed by atoms with Crippen LogP contribution in [0.25, 0.3) is 29.0 Å². The molecule has 1 heterocycles. The van der Waals surface area contributed by atoms with Gasteiger partial charge in [0.1, 0.15) is 11.0 Å². The fourth-order valence-corrected chi connectivity index (χ4v) is 7.96. The summed E-state index contributed by atoms with van der Waals surface area (Å²) in [6.07, 6.45) is 3.43. The van der Waals surface area contributed by atoms with Crippen molar-refractivity contribution >= 4 is 33.0 Å². The van der Waals surface area contributed by atoms with Gasteiger partial charge in [-0.25, -0.2) is 8.42 Å². The Morgan fingerprint density at radius 3 is 1.73 bits per heavy atom. The van der Waals surface area contributed by atoms with E-state index in [1.54, 1.807) is 18.2 Å². The number of nitrogens with zero attached hydrogens (tertiary/aromatic N) is 4. The van der Waals surface area contributed by atoms with Gasteiger partial charge in [-0.3, -0.25) is 0 Å². The van der Waals surface area contributed by atoms with Crippen molar-refractivity contribution in [3.05, 3.63) is 185 Å². The van der Waals surface area contributed by atoms with Gasteiger partial charge < -0.3 is 9.32 Å². The van der Waals surface area contributed by atoms with Gasteiger partial charge >= 0.3 is 0 Å². The highest BCUT2D eigenvalue weighted by molar-refractivity contribution is 7.95. The molecular weight excluding hydrogens is 701 g/mol. The van der Waals surface area contributed by atoms with Crippen LogP contribution in [0.5, 0.6) is 0 Å². The second-order valence-electron chi connectivity index (χ2n) is 13.4. The standard InChI is InChI=1S/C47H40N4O3S/c1-3-36(38-21-23-40(24-22-38)47-50-49-46(54-47)39-13-7-4-8-14-39)31-34(2)37-25-29-43(30-26-37)51(41-15-9-5-10-16-41)42-27-19-35(20-28-42)32-45(33-48)55(52,53)44-17-11-6-12-18-44/h4-30,32,34,36H,3,31H2,1-2H3. The minimum atomic E-state index is -3.94. The molecule has 0 spiro atoms. The number of nitriles is 1. The van der Waals surface area contributed by atoms with Gasteiger partial charge in [0.05, 0.1) is 4.90 Å². The predicted octanol–water partition coefficient (Wildman–Crippen LogP) is 11.9. The number of hydrogen-bond donors (Lipinski definition) is 0. The van der Waals surface area contributed by atoms with Crippen molar-refractivity contribution in [2.45, 2.75) is 43.4 Å². The fourth-order valence-electron chi connectivity index (χ4n) is 6.78. The topological polar surface area (TPSA) is 100 Å². The number of benzene rings is 6. The Morgan fingerprint density at radius 1 is 0.673 bits per heavy atom. The summed E-state index contributed by atoms with van der Waals surface area (Å²) in [7, 11) is -3.94. The number of hydrogen-bond acceptors (Lipinski definition) is 7. The van der Waals surface area contributed by atoms with E-state index < -0.39 is 9.84 Å². The molecular formula is C47H40N4O3S. The smallest absolute Gasteiger partial charge is 0.248 e. The van der Waals surface area contributed by atoms with Crippen molar-refractivity contribution in [2.24, 2.45) is 0 Å². The normalized spacial score (nSPS) is 12.8. The van der Waals surface area contributed by atoms with Gasteiger partial charge in [-0.2, -0.15) is 5.26 Å². The Balaban J connectivity index is 1.07. The van der Waals surface area contributed by atoms with Gasteiger partial charge in [0, 0.05) is 28.2 Å². The van der Waals surface area contributed by atoms with Crippen LogP contribution in [0.3, 0.4) is 0 Å². The van der Waals surface area contributed by atoms with Gasteiger partial charge in [-0.1, -0.05) is 105 Å². The molecule has 0 saturated carbocycles. The van der Waals surface area contributed by atoms with E-state index >= 15 is 0 Å². The highest BCUT2D eigenvalue weighted by Gasteiger charge is 2.21. The first-order chi connectivity index (χ1) is 26.8. The maximum absolute atomic E-state index is 13.1. The van der Waals surface area contributed by atoms with Crippen LogP contribution >= 0.6 is 0 Å². The molecule has 0 fully saturated rings. The average molecular weight is 741 g/mol. The lowest BCUT2D eigenvalue weighted by Crippen LogP contribution is -2.10. The van der Waals surface area contributed by atoms with E-state index in [1.807, 2.05) is 78.9 Å². The first-order valence-electron chi connectivity index (χ1n) is 18.3. The molecule has 1 aromatic heterocycles. The van der Waals surface area contributed by atoms with Crippen LogP contribution in [0.2, 0.25) is 0 Å². The Morgan fingerprint density at radius 2 is 1.16 bits per heavy atom. The van der Waals surface area contributed by atoms with E-state index in [9.17, 15) is 13.7 Å². The van der Waals surface area contributed by atoms with E-state index in [1.165, 1.54) is 29.3 Å². The molecule has 7 aromatic rings. The number of aromatic nitrogens is 2. The lowest BCUT2D eigenvalue weighted by atomic mass is 9.84. The van der Waals surface area contributed by atoms with Gasteiger partial charge in [0.15, 0.2) is 0 Å². The molecule has 0 N–H and O–H groups in total. The van der Waals surface area contributed by atoms with Crippen molar-refractivity contribution in [2.75, 3.05) is 4.90 Å². The van der Waals surface area contributed by atoms with E-state index in [4.69, 9.17) is 4.42 Å². The molecule has 7 rings (SSSR count). The van der Waals surface area contributed by atoms with Crippen LogP contribution in [-0.2, 0) is 9.84 Å². The van der Waals surface area contributed by atoms with Crippen LogP contribution in [0, 0.1) is 11.3 Å². The van der Waals surface area contributed by atoms with Crippen molar-refractivity contribution < 1.29 is 12.8 Å². The minimum absolute atomic E-state index is 0.0890. The van der Waals surface area contributed by atoms with Crippen LogP contribution < -0.4 is 4.90 Å². The van der Waals surface area contributed by atoms with E-state index in [0.717, 1.165) is 41.0 Å². The number of para-hydroxylation sites is 1. The molecule has 2 atom stereocenters. The van der Waals surface area contributed by atoms with Crippen molar-refractivity contribution in [3.63, 3.8) is 0 Å². The third kappa shape index (κ3) is 8.33. The van der Waals surface area contributed by atoms with E-state index in [-0.39, 0.29) is 9.80 Å². The number of allylic oxidation sites excluding steroid dienone is 1. The van der Waals surface area contributed by atoms with Crippen LogP contribution in [0.1, 0.15) is 55.2 Å².